The van der Waals surface area contributed by atoms with Crippen molar-refractivity contribution < 1.29 is 23.1 Å². The summed E-state index contributed by atoms with van der Waals surface area (Å²) in [5.74, 6) is -2.71. The van der Waals surface area contributed by atoms with Crippen molar-refractivity contribution in [1.29, 1.82) is 0 Å². The highest BCUT2D eigenvalue weighted by atomic mass is 32.2. The van der Waals surface area contributed by atoms with Crippen LogP contribution in [0.3, 0.4) is 0 Å². The lowest BCUT2D eigenvalue weighted by Gasteiger charge is -2.06. The van der Waals surface area contributed by atoms with Crippen LogP contribution >= 0.6 is 0 Å². The van der Waals surface area contributed by atoms with E-state index >= 15 is 0 Å². The van der Waals surface area contributed by atoms with E-state index in [2.05, 4.69) is 10.3 Å². The summed E-state index contributed by atoms with van der Waals surface area (Å²) in [6.07, 6.45) is 2.27. The molecule has 2 rings (SSSR count). The summed E-state index contributed by atoms with van der Waals surface area (Å²) in [5.41, 5.74) is -0.255. The Labute approximate surface area is 122 Å². The molecule has 1 aromatic rings. The molecule has 1 aromatic heterocycles. The topological polar surface area (TPSA) is 113 Å². The standard InChI is InChI=1S/C13H16N2O5S/c1-13(2)9(10(13)12(17)18)11(16)15-7-4-5-8(14-6-7)21(3,19)20/h4-6,9-10H,1-3H3,(H,15,16)(H,17,18). The predicted molar refractivity (Wildman–Crippen MR) is 74.4 cm³/mol. The number of hydrogen-bond donors (Lipinski definition) is 2. The van der Waals surface area contributed by atoms with Gasteiger partial charge in [0.25, 0.3) is 0 Å². The summed E-state index contributed by atoms with van der Waals surface area (Å²) in [6, 6.07) is 2.71. The van der Waals surface area contributed by atoms with Crippen molar-refractivity contribution in [3.8, 4) is 0 Å². The summed E-state index contributed by atoms with van der Waals surface area (Å²) in [7, 11) is -3.39. The van der Waals surface area contributed by atoms with Crippen molar-refractivity contribution in [3.05, 3.63) is 18.3 Å². The number of carboxylic acids is 1. The maximum Gasteiger partial charge on any atom is 0.307 e. The third-order valence-electron chi connectivity index (χ3n) is 3.76. The largest absolute Gasteiger partial charge is 0.481 e. The first kappa shape index (κ1) is 15.4. The number of aliphatic carboxylic acids is 1. The van der Waals surface area contributed by atoms with Crippen LogP contribution in [0.15, 0.2) is 23.4 Å². The number of hydrogen-bond acceptors (Lipinski definition) is 5. The van der Waals surface area contributed by atoms with Gasteiger partial charge in [-0.2, -0.15) is 0 Å². The monoisotopic (exact) mass is 312 g/mol. The normalized spacial score (nSPS) is 23.4. The molecule has 1 aliphatic rings. The van der Waals surface area contributed by atoms with Crippen LogP contribution in [0.2, 0.25) is 0 Å². The molecule has 1 aliphatic carbocycles. The van der Waals surface area contributed by atoms with Gasteiger partial charge < -0.3 is 10.4 Å². The molecule has 7 nitrogen and oxygen atoms in total. The second-order valence-electron chi connectivity index (χ2n) is 5.76. The van der Waals surface area contributed by atoms with E-state index in [9.17, 15) is 18.0 Å². The lowest BCUT2D eigenvalue weighted by Crippen LogP contribution is -2.18. The molecule has 0 aromatic carbocycles. The maximum absolute atomic E-state index is 12.1. The first-order valence-corrected chi connectivity index (χ1v) is 8.14. The summed E-state index contributed by atoms with van der Waals surface area (Å²) in [5, 5.41) is 11.5. The number of sulfone groups is 1. The van der Waals surface area contributed by atoms with Crippen molar-refractivity contribution in [3.63, 3.8) is 0 Å². The number of rotatable bonds is 4. The molecule has 1 saturated carbocycles. The van der Waals surface area contributed by atoms with Gasteiger partial charge in [-0.3, -0.25) is 9.59 Å². The summed E-state index contributed by atoms with van der Waals surface area (Å²) < 4.78 is 22.5. The zero-order valence-electron chi connectivity index (χ0n) is 11.8. The van der Waals surface area contributed by atoms with Gasteiger partial charge in [-0.25, -0.2) is 13.4 Å². The summed E-state index contributed by atoms with van der Waals surface area (Å²) in [6.45, 7) is 3.45. The van der Waals surface area contributed by atoms with Gasteiger partial charge in [0, 0.05) is 6.26 Å². The summed E-state index contributed by atoms with van der Waals surface area (Å²) >= 11 is 0. The second kappa shape index (κ2) is 4.80. The first-order valence-electron chi connectivity index (χ1n) is 6.25. The van der Waals surface area contributed by atoms with E-state index in [4.69, 9.17) is 5.11 Å². The molecule has 0 saturated heterocycles. The number of carbonyl (C=O) groups excluding carboxylic acids is 1. The lowest BCUT2D eigenvalue weighted by molar-refractivity contribution is -0.140. The minimum absolute atomic E-state index is 0.0873. The molecule has 2 unspecified atom stereocenters. The number of aromatic nitrogens is 1. The van der Waals surface area contributed by atoms with Gasteiger partial charge in [0.1, 0.15) is 0 Å². The first-order chi connectivity index (χ1) is 9.55. The molecule has 0 aliphatic heterocycles. The Kier molecular flexibility index (Phi) is 3.53. The Hall–Kier alpha value is -1.96. The third kappa shape index (κ3) is 2.90. The van der Waals surface area contributed by atoms with Crippen LogP contribution in [0, 0.1) is 17.3 Å². The Morgan fingerprint density at radius 3 is 2.29 bits per heavy atom. The van der Waals surface area contributed by atoms with Gasteiger partial charge in [-0.1, -0.05) is 13.8 Å². The van der Waals surface area contributed by atoms with Crippen molar-refractivity contribution in [2.45, 2.75) is 18.9 Å². The SMILES string of the molecule is CC1(C)C(C(=O)O)C1C(=O)Nc1ccc(S(C)(=O)=O)nc1. The van der Waals surface area contributed by atoms with Gasteiger partial charge in [-0.05, 0) is 17.5 Å². The molecule has 1 fully saturated rings. The second-order valence-corrected chi connectivity index (χ2v) is 7.72. The van der Waals surface area contributed by atoms with Crippen LogP contribution in [0.25, 0.3) is 0 Å². The molecule has 21 heavy (non-hydrogen) atoms. The minimum atomic E-state index is -3.39. The van der Waals surface area contributed by atoms with Crippen molar-refractivity contribution in [1.82, 2.24) is 4.98 Å². The molecule has 1 amide bonds. The highest BCUT2D eigenvalue weighted by Crippen LogP contribution is 2.58. The van der Waals surface area contributed by atoms with Crippen LogP contribution in [0.1, 0.15) is 13.8 Å². The average molecular weight is 312 g/mol. The minimum Gasteiger partial charge on any atom is -0.481 e. The van der Waals surface area contributed by atoms with E-state index in [0.29, 0.717) is 5.69 Å². The van der Waals surface area contributed by atoms with E-state index in [1.165, 1.54) is 18.3 Å². The number of nitrogens with one attached hydrogen (secondary N) is 1. The fourth-order valence-electron chi connectivity index (χ4n) is 2.48. The van der Waals surface area contributed by atoms with E-state index in [-0.39, 0.29) is 5.03 Å². The smallest absolute Gasteiger partial charge is 0.307 e. The van der Waals surface area contributed by atoms with Gasteiger partial charge in [0.2, 0.25) is 5.91 Å². The average Bonchev–Trinajstić information content (AvgIpc) is 2.92. The highest BCUT2D eigenvalue weighted by Gasteiger charge is 2.65. The molecule has 114 valence electrons. The lowest BCUT2D eigenvalue weighted by atomic mass is 10.1. The zero-order valence-corrected chi connectivity index (χ0v) is 12.6. The highest BCUT2D eigenvalue weighted by molar-refractivity contribution is 7.90. The fraction of sp³-hybridized carbons (Fsp3) is 0.462. The van der Waals surface area contributed by atoms with Gasteiger partial charge in [0.15, 0.2) is 14.9 Å². The number of amides is 1. The Balaban J connectivity index is 2.10. The van der Waals surface area contributed by atoms with Crippen LogP contribution in [-0.2, 0) is 19.4 Å². The summed E-state index contributed by atoms with van der Waals surface area (Å²) in [4.78, 5) is 26.9. The fourth-order valence-corrected chi connectivity index (χ4v) is 3.04. The van der Waals surface area contributed by atoms with Crippen LogP contribution < -0.4 is 5.32 Å². The van der Waals surface area contributed by atoms with Crippen LogP contribution in [0.5, 0.6) is 0 Å². The van der Waals surface area contributed by atoms with E-state index < -0.39 is 39.0 Å². The molecular weight excluding hydrogens is 296 g/mol. The third-order valence-corrected chi connectivity index (χ3v) is 4.76. The zero-order chi connectivity index (χ0) is 16.0. The van der Waals surface area contributed by atoms with Crippen molar-refractivity contribution in [2.75, 3.05) is 11.6 Å². The predicted octanol–water partition coefficient (Wildman–Crippen LogP) is 0.780. The molecule has 2 N–H and O–H groups in total. The van der Waals surface area contributed by atoms with E-state index in [0.717, 1.165) is 6.26 Å². The number of pyridine rings is 1. The van der Waals surface area contributed by atoms with Crippen LogP contribution in [0.4, 0.5) is 5.69 Å². The molecular formula is C13H16N2O5S. The number of carboxylic acid groups (broad SMARTS) is 1. The Bertz CT molecular complexity index is 694. The number of anilines is 1. The van der Waals surface area contributed by atoms with Gasteiger partial charge >= 0.3 is 5.97 Å². The van der Waals surface area contributed by atoms with Crippen LogP contribution in [-0.4, -0.2) is 36.6 Å². The van der Waals surface area contributed by atoms with E-state index in [1.54, 1.807) is 13.8 Å². The van der Waals surface area contributed by atoms with Gasteiger partial charge in [0.05, 0.1) is 23.7 Å². The Morgan fingerprint density at radius 2 is 1.90 bits per heavy atom. The van der Waals surface area contributed by atoms with E-state index in [1.807, 2.05) is 0 Å². The molecule has 0 bridgehead atoms. The molecule has 2 atom stereocenters. The molecule has 0 radical (unpaired) electrons. The Morgan fingerprint density at radius 1 is 1.29 bits per heavy atom. The van der Waals surface area contributed by atoms with Crippen molar-refractivity contribution >= 4 is 27.4 Å². The molecule has 0 spiro atoms. The number of nitrogens with zero attached hydrogens (tertiary/aromatic N) is 1. The maximum atomic E-state index is 12.1. The quantitative estimate of drug-likeness (QED) is 0.849. The van der Waals surface area contributed by atoms with Crippen molar-refractivity contribution in [2.24, 2.45) is 17.3 Å². The van der Waals surface area contributed by atoms with Gasteiger partial charge in [-0.15, -0.1) is 0 Å². The number of carbonyl (C=O) groups is 2. The molecule has 8 heteroatoms. The molecule has 1 heterocycles.